The van der Waals surface area contributed by atoms with Crippen molar-refractivity contribution in [1.82, 2.24) is 19.7 Å². The second-order valence-corrected chi connectivity index (χ2v) is 3.01. The summed E-state index contributed by atoms with van der Waals surface area (Å²) in [6.07, 6.45) is 1.30. The molecule has 78 valence electrons. The van der Waals surface area contributed by atoms with Gasteiger partial charge in [0, 0.05) is 18.6 Å². The Morgan fingerprint density at radius 3 is 2.80 bits per heavy atom. The Bertz CT molecular complexity index is 458. The first-order valence-corrected chi connectivity index (χ1v) is 4.37. The summed E-state index contributed by atoms with van der Waals surface area (Å²) >= 11 is 5.53. The molecule has 0 saturated heterocycles. The number of alkyl halides is 2. The van der Waals surface area contributed by atoms with Gasteiger partial charge < -0.3 is 0 Å². The summed E-state index contributed by atoms with van der Waals surface area (Å²) in [5.74, 6) is -0.00463. The van der Waals surface area contributed by atoms with Crippen molar-refractivity contribution in [2.45, 2.75) is 6.43 Å². The maximum atomic E-state index is 12.6. The fourth-order valence-corrected chi connectivity index (χ4v) is 1.22. The molecule has 0 spiro atoms. The molecule has 7 heteroatoms. The minimum absolute atomic E-state index is 0.00463. The number of aromatic nitrogens is 4. The third-order valence-electron chi connectivity index (χ3n) is 1.72. The lowest BCUT2D eigenvalue weighted by Crippen LogP contribution is -2.05. The van der Waals surface area contributed by atoms with E-state index in [1.807, 2.05) is 0 Å². The van der Waals surface area contributed by atoms with Crippen LogP contribution in [0.15, 0.2) is 24.7 Å². The van der Waals surface area contributed by atoms with Crippen LogP contribution in [-0.2, 0) is 0 Å². The van der Waals surface area contributed by atoms with Crippen LogP contribution in [0.5, 0.6) is 0 Å². The van der Waals surface area contributed by atoms with Crippen LogP contribution < -0.4 is 0 Å². The summed E-state index contributed by atoms with van der Waals surface area (Å²) in [6.45, 7) is 0. The van der Waals surface area contributed by atoms with Gasteiger partial charge in [-0.3, -0.25) is 0 Å². The van der Waals surface area contributed by atoms with Crippen molar-refractivity contribution in [3.8, 4) is 5.82 Å². The first-order chi connectivity index (χ1) is 7.18. The van der Waals surface area contributed by atoms with Gasteiger partial charge in [0.1, 0.15) is 0 Å². The van der Waals surface area contributed by atoms with E-state index < -0.39 is 6.43 Å². The van der Waals surface area contributed by atoms with Crippen LogP contribution in [0.25, 0.3) is 5.82 Å². The summed E-state index contributed by atoms with van der Waals surface area (Å²) < 4.78 is 26.4. The highest BCUT2D eigenvalue weighted by atomic mass is 35.5. The normalized spacial score (nSPS) is 10.9. The van der Waals surface area contributed by atoms with Crippen molar-refractivity contribution in [2.75, 3.05) is 0 Å². The average molecular weight is 231 g/mol. The number of rotatable bonds is 2. The predicted octanol–water partition coefficient (Wildman–Crippen LogP) is 2.25. The van der Waals surface area contributed by atoms with Crippen molar-refractivity contribution >= 4 is 11.6 Å². The number of hydrogen-bond donors (Lipinski definition) is 0. The van der Waals surface area contributed by atoms with Crippen molar-refractivity contribution in [1.29, 1.82) is 0 Å². The predicted molar refractivity (Wildman–Crippen MR) is 49.1 cm³/mol. The molecule has 0 unspecified atom stereocenters. The lowest BCUT2D eigenvalue weighted by molar-refractivity contribution is 0.150. The maximum absolute atomic E-state index is 12.6. The standard InChI is InChI=1S/C8H5ClF2N4/c9-8-12-4-5(6(10)11)7(14-8)15-3-1-2-13-15/h1-4,6H. The minimum Gasteiger partial charge on any atom is -0.226 e. The largest absolute Gasteiger partial charge is 0.268 e. The van der Waals surface area contributed by atoms with Gasteiger partial charge in [0.25, 0.3) is 6.43 Å². The lowest BCUT2D eigenvalue weighted by Gasteiger charge is -2.06. The molecule has 0 amide bonds. The highest BCUT2D eigenvalue weighted by molar-refractivity contribution is 6.28. The molecule has 2 heterocycles. The van der Waals surface area contributed by atoms with E-state index in [2.05, 4.69) is 15.1 Å². The number of hydrogen-bond acceptors (Lipinski definition) is 3. The van der Waals surface area contributed by atoms with E-state index in [1.54, 1.807) is 6.07 Å². The fraction of sp³-hybridized carbons (Fsp3) is 0.125. The van der Waals surface area contributed by atoms with Gasteiger partial charge in [0.2, 0.25) is 5.28 Å². The molecule has 0 aliphatic rings. The molecule has 0 aliphatic carbocycles. The molecule has 0 saturated carbocycles. The highest BCUT2D eigenvalue weighted by Crippen LogP contribution is 2.23. The first-order valence-electron chi connectivity index (χ1n) is 3.99. The van der Waals surface area contributed by atoms with E-state index in [1.165, 1.54) is 17.1 Å². The molecule has 0 radical (unpaired) electrons. The average Bonchev–Trinajstić information content (AvgIpc) is 2.69. The smallest absolute Gasteiger partial charge is 0.226 e. The molecule has 0 atom stereocenters. The van der Waals surface area contributed by atoms with Gasteiger partial charge in [0.05, 0.1) is 5.56 Å². The molecule has 4 nitrogen and oxygen atoms in total. The quantitative estimate of drug-likeness (QED) is 0.744. The molecule has 2 aromatic rings. The molecule has 0 N–H and O–H groups in total. The van der Waals surface area contributed by atoms with Crippen LogP contribution in [0.3, 0.4) is 0 Å². The lowest BCUT2D eigenvalue weighted by atomic mass is 10.3. The van der Waals surface area contributed by atoms with E-state index in [-0.39, 0.29) is 16.7 Å². The van der Waals surface area contributed by atoms with E-state index in [4.69, 9.17) is 11.6 Å². The summed E-state index contributed by atoms with van der Waals surface area (Å²) in [5, 5.41) is 3.71. The third-order valence-corrected chi connectivity index (χ3v) is 1.91. The van der Waals surface area contributed by atoms with Gasteiger partial charge in [-0.25, -0.2) is 18.4 Å². The van der Waals surface area contributed by atoms with Gasteiger partial charge in [-0.15, -0.1) is 0 Å². The number of nitrogens with zero attached hydrogens (tertiary/aromatic N) is 4. The van der Waals surface area contributed by atoms with Crippen LogP contribution >= 0.6 is 11.6 Å². The fourth-order valence-electron chi connectivity index (χ4n) is 1.09. The molecule has 0 fully saturated rings. The van der Waals surface area contributed by atoms with Gasteiger partial charge in [-0.2, -0.15) is 10.1 Å². The highest BCUT2D eigenvalue weighted by Gasteiger charge is 2.17. The van der Waals surface area contributed by atoms with Gasteiger partial charge in [-0.05, 0) is 17.7 Å². The van der Waals surface area contributed by atoms with Crippen molar-refractivity contribution < 1.29 is 8.78 Å². The molecule has 0 bridgehead atoms. The third kappa shape index (κ3) is 1.94. The molecule has 0 aromatic carbocycles. The SMILES string of the molecule is FC(F)c1cnc(Cl)nc1-n1cccn1. The van der Waals surface area contributed by atoms with Gasteiger partial charge in [-0.1, -0.05) is 0 Å². The molecule has 0 aliphatic heterocycles. The van der Waals surface area contributed by atoms with E-state index >= 15 is 0 Å². The van der Waals surface area contributed by atoms with Crippen LogP contribution in [0.4, 0.5) is 8.78 Å². The Morgan fingerprint density at radius 1 is 1.40 bits per heavy atom. The second kappa shape index (κ2) is 3.90. The van der Waals surface area contributed by atoms with E-state index in [0.29, 0.717) is 0 Å². The van der Waals surface area contributed by atoms with Crippen LogP contribution in [0, 0.1) is 0 Å². The van der Waals surface area contributed by atoms with Crippen molar-refractivity contribution in [3.63, 3.8) is 0 Å². The first kappa shape index (κ1) is 9.97. The zero-order valence-electron chi connectivity index (χ0n) is 7.31. The molecular weight excluding hydrogens is 226 g/mol. The maximum Gasteiger partial charge on any atom is 0.268 e. The Hall–Kier alpha value is -1.56. The summed E-state index contributed by atoms with van der Waals surface area (Å²) in [6, 6.07) is 1.60. The van der Waals surface area contributed by atoms with E-state index in [9.17, 15) is 8.78 Å². The number of halogens is 3. The zero-order chi connectivity index (χ0) is 10.8. The molecule has 2 rings (SSSR count). The second-order valence-electron chi connectivity index (χ2n) is 2.67. The van der Waals surface area contributed by atoms with Crippen LogP contribution in [-0.4, -0.2) is 19.7 Å². The summed E-state index contributed by atoms with van der Waals surface area (Å²) in [7, 11) is 0. The van der Waals surface area contributed by atoms with Crippen LogP contribution in [0.1, 0.15) is 12.0 Å². The van der Waals surface area contributed by atoms with Crippen LogP contribution in [0.2, 0.25) is 5.28 Å². The Kier molecular flexibility index (Phi) is 2.59. The van der Waals surface area contributed by atoms with Gasteiger partial charge in [0.15, 0.2) is 5.82 Å². The van der Waals surface area contributed by atoms with Crippen molar-refractivity contribution in [2.24, 2.45) is 0 Å². The molecular formula is C8H5ClF2N4. The van der Waals surface area contributed by atoms with Gasteiger partial charge >= 0.3 is 0 Å². The van der Waals surface area contributed by atoms with Crippen molar-refractivity contribution in [3.05, 3.63) is 35.5 Å². The Labute approximate surface area is 88.5 Å². The van der Waals surface area contributed by atoms with E-state index in [0.717, 1.165) is 6.20 Å². The monoisotopic (exact) mass is 230 g/mol. The Morgan fingerprint density at radius 2 is 2.20 bits per heavy atom. The zero-order valence-corrected chi connectivity index (χ0v) is 8.07. The minimum atomic E-state index is -2.67. The Balaban J connectivity index is 2.58. The molecule has 2 aromatic heterocycles. The summed E-state index contributed by atoms with van der Waals surface area (Å²) in [5.41, 5.74) is -0.303. The topological polar surface area (TPSA) is 43.6 Å². The summed E-state index contributed by atoms with van der Waals surface area (Å²) in [4.78, 5) is 7.22. The molecule has 15 heavy (non-hydrogen) atoms.